The van der Waals surface area contributed by atoms with Crippen LogP contribution < -0.4 is 5.73 Å². The van der Waals surface area contributed by atoms with Crippen molar-refractivity contribution in [3.8, 4) is 0 Å². The number of aliphatic hydroxyl groups excluding tert-OH is 1. The monoisotopic (exact) mass is 205 g/mol. The van der Waals surface area contributed by atoms with E-state index in [1.165, 1.54) is 6.26 Å². The lowest BCUT2D eigenvalue weighted by Gasteiger charge is -2.03. The van der Waals surface area contributed by atoms with Gasteiger partial charge in [-0.05, 0) is 6.07 Å². The highest BCUT2D eigenvalue weighted by Gasteiger charge is 2.19. The molecule has 78 valence electrons. The number of benzene rings is 1. The molecule has 3 N–H and O–H groups in total. The molecule has 0 aliphatic carbocycles. The predicted molar refractivity (Wildman–Crippen MR) is 55.6 cm³/mol. The molecule has 2 aromatic rings. The molecule has 0 saturated carbocycles. The van der Waals surface area contributed by atoms with Crippen molar-refractivity contribution < 1.29 is 14.3 Å². The van der Waals surface area contributed by atoms with Crippen molar-refractivity contribution in [1.29, 1.82) is 0 Å². The Morgan fingerprint density at radius 1 is 1.47 bits per heavy atom. The Labute approximate surface area is 86.3 Å². The van der Waals surface area contributed by atoms with E-state index in [1.807, 2.05) is 12.1 Å². The first kappa shape index (κ1) is 9.89. The fourth-order valence-electron chi connectivity index (χ4n) is 1.46. The van der Waals surface area contributed by atoms with E-state index in [0.29, 0.717) is 16.5 Å². The lowest BCUT2D eigenvalue weighted by atomic mass is 10.1. The van der Waals surface area contributed by atoms with Crippen LogP contribution in [0, 0.1) is 0 Å². The molecule has 0 amide bonds. The van der Waals surface area contributed by atoms with Crippen molar-refractivity contribution in [3.63, 3.8) is 0 Å². The molecule has 0 bridgehead atoms. The molecular weight excluding hydrogens is 194 g/mol. The number of ketones is 1. The summed E-state index contributed by atoms with van der Waals surface area (Å²) >= 11 is 0. The summed E-state index contributed by atoms with van der Waals surface area (Å²) in [4.78, 5) is 11.7. The van der Waals surface area contributed by atoms with E-state index in [1.54, 1.807) is 12.1 Å². The summed E-state index contributed by atoms with van der Waals surface area (Å²) in [5.41, 5.74) is 6.23. The van der Waals surface area contributed by atoms with E-state index in [9.17, 15) is 9.90 Å². The predicted octanol–water partition coefficient (Wildman–Crippen LogP) is 0.935. The molecule has 1 atom stereocenters. The van der Waals surface area contributed by atoms with Crippen LogP contribution in [0.25, 0.3) is 11.0 Å². The van der Waals surface area contributed by atoms with Crippen molar-refractivity contribution in [1.82, 2.24) is 0 Å². The maximum atomic E-state index is 11.7. The minimum Gasteiger partial charge on any atom is -0.464 e. The molecule has 1 aromatic heterocycles. The van der Waals surface area contributed by atoms with Crippen molar-refractivity contribution in [2.75, 3.05) is 6.54 Å². The molecule has 1 heterocycles. The number of fused-ring (bicyclic) bond motifs is 1. The summed E-state index contributed by atoms with van der Waals surface area (Å²) in [6.07, 6.45) is 0.192. The number of hydrogen-bond donors (Lipinski definition) is 2. The van der Waals surface area contributed by atoms with Gasteiger partial charge < -0.3 is 15.3 Å². The van der Waals surface area contributed by atoms with Gasteiger partial charge in [-0.15, -0.1) is 0 Å². The van der Waals surface area contributed by atoms with Crippen molar-refractivity contribution in [2.45, 2.75) is 6.10 Å². The molecular formula is C11H11NO3. The number of aliphatic hydroxyl groups is 1. The Hall–Kier alpha value is -1.65. The highest BCUT2D eigenvalue weighted by Crippen LogP contribution is 2.21. The first-order chi connectivity index (χ1) is 7.24. The summed E-state index contributed by atoms with van der Waals surface area (Å²) in [6, 6.07) is 7.17. The van der Waals surface area contributed by atoms with E-state index < -0.39 is 11.9 Å². The van der Waals surface area contributed by atoms with E-state index in [-0.39, 0.29) is 6.54 Å². The van der Waals surface area contributed by atoms with Gasteiger partial charge in [0.25, 0.3) is 0 Å². The standard InChI is InChI=1S/C11H11NO3/c12-5-9(13)11(14)8-6-15-10-4-2-1-3-7(8)10/h1-4,6,9,13H,5,12H2. The summed E-state index contributed by atoms with van der Waals surface area (Å²) in [5.74, 6) is -0.401. The molecule has 0 fully saturated rings. The highest BCUT2D eigenvalue weighted by atomic mass is 16.3. The summed E-state index contributed by atoms with van der Waals surface area (Å²) < 4.78 is 5.19. The lowest BCUT2D eigenvalue weighted by Crippen LogP contribution is -2.28. The zero-order valence-corrected chi connectivity index (χ0v) is 8.01. The smallest absolute Gasteiger partial charge is 0.196 e. The topological polar surface area (TPSA) is 76.5 Å². The Morgan fingerprint density at radius 3 is 2.93 bits per heavy atom. The number of carbonyl (C=O) groups excluding carboxylic acids is 1. The second-order valence-electron chi connectivity index (χ2n) is 3.26. The van der Waals surface area contributed by atoms with Gasteiger partial charge in [-0.1, -0.05) is 18.2 Å². The highest BCUT2D eigenvalue weighted by molar-refractivity contribution is 6.09. The Bertz CT molecular complexity index is 489. The van der Waals surface area contributed by atoms with Crippen molar-refractivity contribution >= 4 is 16.8 Å². The molecule has 0 radical (unpaired) electrons. The van der Waals surface area contributed by atoms with Crippen LogP contribution >= 0.6 is 0 Å². The van der Waals surface area contributed by atoms with Gasteiger partial charge in [0, 0.05) is 11.9 Å². The average Bonchev–Trinajstić information content (AvgIpc) is 2.70. The Kier molecular flexibility index (Phi) is 2.53. The number of rotatable bonds is 3. The average molecular weight is 205 g/mol. The van der Waals surface area contributed by atoms with Crippen LogP contribution in [0.15, 0.2) is 34.9 Å². The number of hydrogen-bond acceptors (Lipinski definition) is 4. The zero-order valence-electron chi connectivity index (χ0n) is 8.01. The lowest BCUT2D eigenvalue weighted by molar-refractivity contribution is 0.0764. The third kappa shape index (κ3) is 1.65. The normalized spacial score (nSPS) is 12.9. The molecule has 15 heavy (non-hydrogen) atoms. The first-order valence-corrected chi connectivity index (χ1v) is 4.62. The molecule has 0 aliphatic rings. The van der Waals surface area contributed by atoms with Crippen LogP contribution in [0.2, 0.25) is 0 Å². The number of furan rings is 1. The van der Waals surface area contributed by atoms with Gasteiger partial charge in [-0.2, -0.15) is 0 Å². The van der Waals surface area contributed by atoms with Gasteiger partial charge in [0.15, 0.2) is 5.78 Å². The van der Waals surface area contributed by atoms with Gasteiger partial charge in [0.1, 0.15) is 18.0 Å². The minimum absolute atomic E-state index is 0.0850. The van der Waals surface area contributed by atoms with E-state index in [4.69, 9.17) is 10.2 Å². The molecule has 4 nitrogen and oxygen atoms in total. The summed E-state index contributed by atoms with van der Waals surface area (Å²) in [6.45, 7) is -0.0850. The number of para-hydroxylation sites is 1. The molecule has 0 spiro atoms. The van der Waals surface area contributed by atoms with Crippen LogP contribution in [0.4, 0.5) is 0 Å². The second-order valence-corrected chi connectivity index (χ2v) is 3.26. The van der Waals surface area contributed by atoms with Crippen molar-refractivity contribution in [2.24, 2.45) is 5.73 Å². The van der Waals surface area contributed by atoms with Crippen molar-refractivity contribution in [3.05, 3.63) is 36.1 Å². The van der Waals surface area contributed by atoms with Gasteiger partial charge in [-0.3, -0.25) is 4.79 Å². The number of nitrogens with two attached hydrogens (primary N) is 1. The van der Waals surface area contributed by atoms with Gasteiger partial charge in [0.2, 0.25) is 0 Å². The second kappa shape index (κ2) is 3.84. The third-order valence-corrected chi connectivity index (χ3v) is 2.27. The van der Waals surface area contributed by atoms with Gasteiger partial charge in [0.05, 0.1) is 5.56 Å². The van der Waals surface area contributed by atoms with Crippen LogP contribution in [0.1, 0.15) is 10.4 Å². The fourth-order valence-corrected chi connectivity index (χ4v) is 1.46. The van der Waals surface area contributed by atoms with E-state index in [2.05, 4.69) is 0 Å². The van der Waals surface area contributed by atoms with Crippen LogP contribution in [0.3, 0.4) is 0 Å². The van der Waals surface area contributed by atoms with Crippen LogP contribution in [0.5, 0.6) is 0 Å². The molecule has 4 heteroatoms. The van der Waals surface area contributed by atoms with Gasteiger partial charge in [-0.25, -0.2) is 0 Å². The number of carbonyl (C=O) groups is 1. The zero-order chi connectivity index (χ0) is 10.8. The molecule has 0 aliphatic heterocycles. The van der Waals surface area contributed by atoms with Crippen LogP contribution in [-0.4, -0.2) is 23.5 Å². The quantitative estimate of drug-likeness (QED) is 0.731. The Morgan fingerprint density at radius 2 is 2.20 bits per heavy atom. The van der Waals surface area contributed by atoms with Crippen LogP contribution in [-0.2, 0) is 0 Å². The molecule has 0 saturated heterocycles. The SMILES string of the molecule is NCC(O)C(=O)c1coc2ccccc12. The first-order valence-electron chi connectivity index (χ1n) is 4.62. The molecule has 2 rings (SSSR count). The third-order valence-electron chi connectivity index (χ3n) is 2.27. The van der Waals surface area contributed by atoms with E-state index in [0.717, 1.165) is 0 Å². The maximum Gasteiger partial charge on any atom is 0.196 e. The summed E-state index contributed by atoms with van der Waals surface area (Å²) in [5, 5.41) is 10.0. The van der Waals surface area contributed by atoms with E-state index >= 15 is 0 Å². The fraction of sp³-hybridized carbons (Fsp3) is 0.182. The maximum absolute atomic E-state index is 11.7. The summed E-state index contributed by atoms with van der Waals surface area (Å²) in [7, 11) is 0. The molecule has 1 aromatic carbocycles. The van der Waals surface area contributed by atoms with Gasteiger partial charge >= 0.3 is 0 Å². The Balaban J connectivity index is 2.48. The number of Topliss-reactive ketones (excluding diaryl/α,β-unsaturated/α-hetero) is 1. The molecule has 1 unspecified atom stereocenters. The minimum atomic E-state index is -1.16. The largest absolute Gasteiger partial charge is 0.464 e.